The topological polar surface area (TPSA) is 26.2 Å². The first-order valence-electron chi connectivity index (χ1n) is 21.8. The van der Waals surface area contributed by atoms with E-state index in [4.69, 9.17) is 4.42 Å². The SMILES string of the molecule is c1ccc(-c2cc(N(c3ccc4c(c3)oc3ccccc34)c3ccc4c5ccccc5n(-c5ccccc5)c4c3)ccc2-c2cccc3c2c2ccccc2n3-c2ccccc2)cc1. The van der Waals surface area contributed by atoms with Gasteiger partial charge in [-0.2, -0.15) is 0 Å². The minimum Gasteiger partial charge on any atom is -0.456 e. The van der Waals surface area contributed by atoms with Crippen molar-refractivity contribution in [2.75, 3.05) is 4.90 Å². The molecule has 0 N–H and O–H groups in total. The van der Waals surface area contributed by atoms with Gasteiger partial charge < -0.3 is 18.5 Å². The van der Waals surface area contributed by atoms with E-state index < -0.39 is 0 Å². The van der Waals surface area contributed by atoms with Crippen molar-refractivity contribution in [2.45, 2.75) is 0 Å². The predicted octanol–water partition coefficient (Wildman–Crippen LogP) is 16.6. The van der Waals surface area contributed by atoms with Crippen molar-refractivity contribution in [3.8, 4) is 33.6 Å². The van der Waals surface area contributed by atoms with Gasteiger partial charge in [0.25, 0.3) is 0 Å². The summed E-state index contributed by atoms with van der Waals surface area (Å²) in [5.74, 6) is 0. The third-order valence-electron chi connectivity index (χ3n) is 12.9. The molecular formula is C60H39N3O. The van der Waals surface area contributed by atoms with Gasteiger partial charge in [-0.25, -0.2) is 0 Å². The Labute approximate surface area is 369 Å². The molecule has 0 saturated heterocycles. The second kappa shape index (κ2) is 14.5. The van der Waals surface area contributed by atoms with E-state index >= 15 is 0 Å². The Morgan fingerprint density at radius 3 is 1.56 bits per heavy atom. The van der Waals surface area contributed by atoms with Gasteiger partial charge in [0.1, 0.15) is 11.2 Å². The summed E-state index contributed by atoms with van der Waals surface area (Å²) in [6, 6.07) is 85.2. The van der Waals surface area contributed by atoms with Gasteiger partial charge in [-0.1, -0.05) is 146 Å². The number of benzene rings is 10. The fourth-order valence-corrected chi connectivity index (χ4v) is 10.1. The van der Waals surface area contributed by atoms with Crippen LogP contribution < -0.4 is 4.90 Å². The van der Waals surface area contributed by atoms with E-state index in [-0.39, 0.29) is 0 Å². The summed E-state index contributed by atoms with van der Waals surface area (Å²) in [6.07, 6.45) is 0. The zero-order chi connectivity index (χ0) is 42.1. The van der Waals surface area contributed by atoms with Crippen molar-refractivity contribution in [3.63, 3.8) is 0 Å². The molecule has 64 heavy (non-hydrogen) atoms. The number of hydrogen-bond acceptors (Lipinski definition) is 2. The number of aromatic nitrogens is 2. The fraction of sp³-hybridized carbons (Fsp3) is 0. The van der Waals surface area contributed by atoms with Crippen LogP contribution in [0.4, 0.5) is 17.1 Å². The van der Waals surface area contributed by atoms with Crippen LogP contribution in [-0.4, -0.2) is 9.13 Å². The first-order chi connectivity index (χ1) is 31.8. The van der Waals surface area contributed by atoms with Crippen molar-refractivity contribution in [3.05, 3.63) is 237 Å². The number of nitrogens with zero attached hydrogens (tertiary/aromatic N) is 3. The Balaban J connectivity index is 1.07. The van der Waals surface area contributed by atoms with Gasteiger partial charge in [-0.15, -0.1) is 0 Å². The van der Waals surface area contributed by atoms with Crippen LogP contribution in [0.25, 0.3) is 99.2 Å². The molecule has 0 aliphatic carbocycles. The van der Waals surface area contributed by atoms with Gasteiger partial charge in [0.15, 0.2) is 0 Å². The molecule has 3 heterocycles. The van der Waals surface area contributed by atoms with Crippen LogP contribution in [0.5, 0.6) is 0 Å². The first-order valence-corrected chi connectivity index (χ1v) is 21.8. The van der Waals surface area contributed by atoms with Crippen molar-refractivity contribution < 1.29 is 4.42 Å². The Hall–Kier alpha value is -8.60. The molecule has 13 aromatic rings. The molecule has 4 nitrogen and oxygen atoms in total. The first kappa shape index (κ1) is 36.1. The van der Waals surface area contributed by atoms with Crippen LogP contribution in [-0.2, 0) is 0 Å². The van der Waals surface area contributed by atoms with E-state index in [1.807, 2.05) is 12.1 Å². The maximum absolute atomic E-state index is 6.55. The summed E-state index contributed by atoms with van der Waals surface area (Å²) in [5, 5.41) is 7.10. The molecule has 0 spiro atoms. The molecule has 0 atom stereocenters. The summed E-state index contributed by atoms with van der Waals surface area (Å²) in [4.78, 5) is 2.39. The molecule has 4 heteroatoms. The van der Waals surface area contributed by atoms with Gasteiger partial charge in [0.2, 0.25) is 0 Å². The summed E-state index contributed by atoms with van der Waals surface area (Å²) < 4.78 is 11.3. The van der Waals surface area contributed by atoms with Crippen LogP contribution in [0.3, 0.4) is 0 Å². The zero-order valence-electron chi connectivity index (χ0n) is 34.8. The lowest BCUT2D eigenvalue weighted by Gasteiger charge is -2.27. The van der Waals surface area contributed by atoms with Crippen LogP contribution in [0, 0.1) is 0 Å². The number of rotatable bonds is 7. The maximum atomic E-state index is 6.55. The number of hydrogen-bond donors (Lipinski definition) is 0. The highest BCUT2D eigenvalue weighted by Crippen LogP contribution is 2.46. The Bertz CT molecular complexity index is 3900. The maximum Gasteiger partial charge on any atom is 0.137 e. The highest BCUT2D eigenvalue weighted by atomic mass is 16.3. The third kappa shape index (κ3) is 5.63. The Morgan fingerprint density at radius 1 is 0.297 bits per heavy atom. The van der Waals surface area contributed by atoms with E-state index in [2.05, 4.69) is 238 Å². The van der Waals surface area contributed by atoms with E-state index in [1.165, 1.54) is 49.2 Å². The number of anilines is 3. The predicted molar refractivity (Wildman–Crippen MR) is 268 cm³/mol. The van der Waals surface area contributed by atoms with Crippen molar-refractivity contribution in [1.82, 2.24) is 9.13 Å². The van der Waals surface area contributed by atoms with Crippen LogP contribution in [0.1, 0.15) is 0 Å². The van der Waals surface area contributed by atoms with Gasteiger partial charge in [-0.05, 0) is 107 Å². The molecule has 0 fully saturated rings. The molecular weight excluding hydrogens is 779 g/mol. The number of para-hydroxylation sites is 5. The van der Waals surface area contributed by atoms with Crippen molar-refractivity contribution >= 4 is 82.6 Å². The molecule has 300 valence electrons. The Morgan fingerprint density at radius 2 is 0.812 bits per heavy atom. The second-order valence-corrected chi connectivity index (χ2v) is 16.5. The lowest BCUT2D eigenvalue weighted by Crippen LogP contribution is -2.10. The largest absolute Gasteiger partial charge is 0.456 e. The minimum atomic E-state index is 0.851. The number of furan rings is 1. The normalized spacial score (nSPS) is 11.8. The van der Waals surface area contributed by atoms with Crippen molar-refractivity contribution in [2.24, 2.45) is 0 Å². The van der Waals surface area contributed by atoms with Gasteiger partial charge >= 0.3 is 0 Å². The quantitative estimate of drug-likeness (QED) is 0.160. The number of fused-ring (bicyclic) bond motifs is 9. The second-order valence-electron chi connectivity index (χ2n) is 16.5. The summed E-state index contributed by atoms with van der Waals surface area (Å²) in [7, 11) is 0. The Kier molecular flexibility index (Phi) is 8.18. The zero-order valence-corrected chi connectivity index (χ0v) is 34.8. The van der Waals surface area contributed by atoms with Gasteiger partial charge in [-0.3, -0.25) is 0 Å². The van der Waals surface area contributed by atoms with Crippen molar-refractivity contribution in [1.29, 1.82) is 0 Å². The van der Waals surface area contributed by atoms with Gasteiger partial charge in [0.05, 0.1) is 22.1 Å². The molecule has 0 unspecified atom stereocenters. The lowest BCUT2D eigenvalue weighted by molar-refractivity contribution is 0.669. The average Bonchev–Trinajstić information content (AvgIpc) is 4.02. The highest BCUT2D eigenvalue weighted by Gasteiger charge is 2.23. The smallest absolute Gasteiger partial charge is 0.137 e. The van der Waals surface area contributed by atoms with E-state index in [9.17, 15) is 0 Å². The standard InChI is InChI=1S/C60H39N3O/c1-4-17-40(18-5-1)53-37-43(31-34-46(53)51-26-16-29-56-60(51)52-25-11-14-28-55(52)62(56)41-19-6-2-7-20-41)61(45-33-36-50-49-24-12-15-30-58(49)64-59(50)39-45)44-32-35-48-47-23-10-13-27-54(47)63(57(48)38-44)42-21-8-3-9-22-42/h1-39H. The van der Waals surface area contributed by atoms with E-state index in [0.717, 1.165) is 67.0 Å². The summed E-state index contributed by atoms with van der Waals surface area (Å²) >= 11 is 0. The summed E-state index contributed by atoms with van der Waals surface area (Å²) in [5.41, 5.74) is 16.4. The average molecular weight is 818 g/mol. The van der Waals surface area contributed by atoms with E-state index in [0.29, 0.717) is 0 Å². The molecule has 0 amide bonds. The molecule has 3 aromatic heterocycles. The van der Waals surface area contributed by atoms with Crippen LogP contribution in [0.15, 0.2) is 241 Å². The molecule has 0 saturated carbocycles. The van der Waals surface area contributed by atoms with Gasteiger partial charge in [0, 0.05) is 66.8 Å². The molecule has 10 aromatic carbocycles. The molecule has 0 bridgehead atoms. The summed E-state index contributed by atoms with van der Waals surface area (Å²) in [6.45, 7) is 0. The van der Waals surface area contributed by atoms with Crippen LogP contribution in [0.2, 0.25) is 0 Å². The highest BCUT2D eigenvalue weighted by molar-refractivity contribution is 6.17. The third-order valence-corrected chi connectivity index (χ3v) is 12.9. The molecule has 13 rings (SSSR count). The molecule has 0 radical (unpaired) electrons. The monoisotopic (exact) mass is 817 g/mol. The van der Waals surface area contributed by atoms with E-state index in [1.54, 1.807) is 0 Å². The lowest BCUT2D eigenvalue weighted by atomic mass is 9.91. The fourth-order valence-electron chi connectivity index (χ4n) is 10.1. The minimum absolute atomic E-state index is 0.851. The van der Waals surface area contributed by atoms with Crippen LogP contribution >= 0.6 is 0 Å². The molecule has 0 aliphatic rings. The molecule has 0 aliphatic heterocycles.